The molecule has 0 radical (unpaired) electrons. The first-order valence-corrected chi connectivity index (χ1v) is 15.4. The minimum Gasteiger partial charge on any atom is -0.504 e. The van der Waals surface area contributed by atoms with Gasteiger partial charge in [0.15, 0.2) is 17.3 Å². The van der Waals surface area contributed by atoms with Gasteiger partial charge in [0, 0.05) is 30.0 Å². The number of aromatic nitrogens is 2. The molecule has 4 rings (SSSR count). The maximum Gasteiger partial charge on any atom is 0.416 e. The Morgan fingerprint density at radius 2 is 1.86 bits per heavy atom. The highest BCUT2D eigenvalue weighted by atomic mass is 32.2. The number of alkyl halides is 3. The molecule has 14 heteroatoms. The molecule has 1 saturated heterocycles. The van der Waals surface area contributed by atoms with Crippen molar-refractivity contribution in [1.82, 2.24) is 15.3 Å². The van der Waals surface area contributed by atoms with Gasteiger partial charge in [-0.05, 0) is 49.9 Å². The summed E-state index contributed by atoms with van der Waals surface area (Å²) in [5.74, 6) is -1.72. The molecule has 3 heterocycles. The van der Waals surface area contributed by atoms with Crippen LogP contribution in [0.5, 0.6) is 5.75 Å². The standard InChI is InChI=1S/C23H24F3N4O5PS/c1-36(2,33)16-11-17-18(27-13-16)20(31)19(29-21(17)30-9-3-4-10-37(30,34)35)22(32)28-12-14-5-7-15(8-6-14)23(24,25)26/h5-8,11,13,31H,3-4,9-10,12H2,1-2H3,(H,28,32). The van der Waals surface area contributed by atoms with Crippen LogP contribution in [0, 0.1) is 0 Å². The molecule has 3 aromatic rings. The Morgan fingerprint density at radius 3 is 2.46 bits per heavy atom. The van der Waals surface area contributed by atoms with Crippen molar-refractivity contribution in [3.05, 3.63) is 53.3 Å². The van der Waals surface area contributed by atoms with Crippen LogP contribution in [0.1, 0.15) is 34.5 Å². The van der Waals surface area contributed by atoms with Gasteiger partial charge >= 0.3 is 6.18 Å². The number of amides is 1. The van der Waals surface area contributed by atoms with E-state index in [1.807, 2.05) is 0 Å². The van der Waals surface area contributed by atoms with Gasteiger partial charge in [0.25, 0.3) is 5.91 Å². The Bertz CT molecular complexity index is 1520. The molecule has 9 nitrogen and oxygen atoms in total. The highest BCUT2D eigenvalue weighted by molar-refractivity contribution is 7.92. The molecule has 1 aliphatic rings. The zero-order valence-electron chi connectivity index (χ0n) is 19.9. The van der Waals surface area contributed by atoms with E-state index < -0.39 is 46.3 Å². The third-order valence-electron chi connectivity index (χ3n) is 5.94. The number of fused-ring (bicyclic) bond motifs is 1. The van der Waals surface area contributed by atoms with Crippen LogP contribution in [0.3, 0.4) is 0 Å². The monoisotopic (exact) mass is 556 g/mol. The molecule has 0 unspecified atom stereocenters. The maximum atomic E-state index is 13.0. The van der Waals surface area contributed by atoms with E-state index in [0.29, 0.717) is 23.7 Å². The minimum absolute atomic E-state index is 0.0948. The molecule has 1 fully saturated rings. The lowest BCUT2D eigenvalue weighted by atomic mass is 10.1. The lowest BCUT2D eigenvalue weighted by molar-refractivity contribution is -0.137. The van der Waals surface area contributed by atoms with Crippen LogP contribution < -0.4 is 14.9 Å². The molecule has 0 atom stereocenters. The van der Waals surface area contributed by atoms with Crippen molar-refractivity contribution in [2.24, 2.45) is 0 Å². The molecule has 0 bridgehead atoms. The van der Waals surface area contributed by atoms with Crippen LogP contribution in [-0.4, -0.2) is 55.0 Å². The molecule has 198 valence electrons. The van der Waals surface area contributed by atoms with E-state index in [2.05, 4.69) is 15.3 Å². The van der Waals surface area contributed by atoms with Gasteiger partial charge in [-0.1, -0.05) is 12.1 Å². The van der Waals surface area contributed by atoms with Gasteiger partial charge < -0.3 is 15.0 Å². The smallest absolute Gasteiger partial charge is 0.416 e. The number of hydrogen-bond acceptors (Lipinski definition) is 7. The highest BCUT2D eigenvalue weighted by Crippen LogP contribution is 2.39. The van der Waals surface area contributed by atoms with Crippen molar-refractivity contribution in [3.63, 3.8) is 0 Å². The van der Waals surface area contributed by atoms with E-state index in [0.717, 1.165) is 16.4 Å². The number of pyridine rings is 2. The Kier molecular flexibility index (Phi) is 6.98. The van der Waals surface area contributed by atoms with Gasteiger partial charge in [-0.2, -0.15) is 13.2 Å². The third kappa shape index (κ3) is 5.57. The van der Waals surface area contributed by atoms with Crippen molar-refractivity contribution >= 4 is 45.1 Å². The first kappa shape index (κ1) is 26.9. The highest BCUT2D eigenvalue weighted by Gasteiger charge is 2.32. The molecular formula is C23H24F3N4O5PS. The summed E-state index contributed by atoms with van der Waals surface area (Å²) in [6.45, 7) is 2.96. The van der Waals surface area contributed by atoms with E-state index in [9.17, 15) is 36.1 Å². The number of hydrogen-bond donors (Lipinski definition) is 2. The number of sulfonamides is 1. The first-order valence-electron chi connectivity index (χ1n) is 11.2. The van der Waals surface area contributed by atoms with E-state index in [1.54, 1.807) is 0 Å². The zero-order valence-corrected chi connectivity index (χ0v) is 21.6. The van der Waals surface area contributed by atoms with Gasteiger partial charge in [0.2, 0.25) is 10.0 Å². The van der Waals surface area contributed by atoms with E-state index in [1.165, 1.54) is 37.7 Å². The molecule has 1 aliphatic heterocycles. The first-order chi connectivity index (χ1) is 17.2. The summed E-state index contributed by atoms with van der Waals surface area (Å²) in [5, 5.41) is 13.8. The fourth-order valence-electron chi connectivity index (χ4n) is 3.89. The Labute approximate surface area is 211 Å². The SMILES string of the molecule is CP(C)(=O)c1cnc2c(O)c(C(=O)NCc3ccc(C(F)(F)F)cc3)nc(N3CCCCS3(=O)=O)c2c1. The van der Waals surface area contributed by atoms with Crippen LogP contribution in [0.15, 0.2) is 36.5 Å². The van der Waals surface area contributed by atoms with E-state index in [4.69, 9.17) is 0 Å². The molecule has 0 saturated carbocycles. The molecule has 0 aliphatic carbocycles. The average molecular weight is 557 g/mol. The van der Waals surface area contributed by atoms with Crippen molar-refractivity contribution in [2.75, 3.05) is 29.9 Å². The molecule has 2 aromatic heterocycles. The fraction of sp³-hybridized carbons (Fsp3) is 0.348. The van der Waals surface area contributed by atoms with Crippen molar-refractivity contribution in [1.29, 1.82) is 0 Å². The number of carbonyl (C=O) groups excluding carboxylic acids is 1. The summed E-state index contributed by atoms with van der Waals surface area (Å²) in [5.41, 5.74) is -1.06. The molecule has 0 spiro atoms. The largest absolute Gasteiger partial charge is 0.504 e. The van der Waals surface area contributed by atoms with E-state index >= 15 is 0 Å². The lowest BCUT2D eigenvalue weighted by Gasteiger charge is -2.28. The Hall–Kier alpha value is -3.18. The molecule has 1 aromatic carbocycles. The average Bonchev–Trinajstić information content (AvgIpc) is 2.82. The van der Waals surface area contributed by atoms with Gasteiger partial charge in [0.1, 0.15) is 12.7 Å². The van der Waals surface area contributed by atoms with E-state index in [-0.39, 0.29) is 35.6 Å². The maximum absolute atomic E-state index is 13.0. The fourth-order valence-corrected chi connectivity index (χ4v) is 6.27. The summed E-state index contributed by atoms with van der Waals surface area (Å²) < 4.78 is 77.8. The molecule has 2 N–H and O–H groups in total. The summed E-state index contributed by atoms with van der Waals surface area (Å²) in [7, 11) is -6.58. The Morgan fingerprint density at radius 1 is 1.19 bits per heavy atom. The quantitative estimate of drug-likeness (QED) is 0.461. The van der Waals surface area contributed by atoms with Crippen molar-refractivity contribution in [3.8, 4) is 5.75 Å². The second kappa shape index (κ2) is 9.60. The predicted octanol–water partition coefficient (Wildman–Crippen LogP) is 3.46. The molecule has 37 heavy (non-hydrogen) atoms. The zero-order chi connectivity index (χ0) is 27.2. The van der Waals surface area contributed by atoms with Gasteiger partial charge in [-0.3, -0.25) is 14.1 Å². The second-order valence-corrected chi connectivity index (χ2v) is 14.3. The number of nitrogens with zero attached hydrogens (tertiary/aromatic N) is 3. The number of halogens is 3. The number of nitrogens with one attached hydrogen (secondary N) is 1. The summed E-state index contributed by atoms with van der Waals surface area (Å²) in [6.07, 6.45) is -2.20. The topological polar surface area (TPSA) is 130 Å². The van der Waals surface area contributed by atoms with Crippen LogP contribution >= 0.6 is 7.14 Å². The number of anilines is 1. The summed E-state index contributed by atoms with van der Waals surface area (Å²) >= 11 is 0. The van der Waals surface area contributed by atoms with Crippen LogP contribution in [-0.2, 0) is 27.3 Å². The van der Waals surface area contributed by atoms with Gasteiger partial charge in [-0.15, -0.1) is 0 Å². The van der Waals surface area contributed by atoms with Gasteiger partial charge in [0.05, 0.1) is 11.3 Å². The van der Waals surface area contributed by atoms with Crippen LogP contribution in [0.2, 0.25) is 0 Å². The molecule has 1 amide bonds. The number of rotatable bonds is 5. The second-order valence-electron chi connectivity index (χ2n) is 9.05. The minimum atomic E-state index is -4.50. The number of benzene rings is 1. The van der Waals surface area contributed by atoms with Crippen LogP contribution in [0.25, 0.3) is 10.9 Å². The number of carbonyl (C=O) groups is 1. The Balaban J connectivity index is 1.75. The van der Waals surface area contributed by atoms with Crippen LogP contribution in [0.4, 0.5) is 19.0 Å². The van der Waals surface area contributed by atoms with Crippen molar-refractivity contribution in [2.45, 2.75) is 25.6 Å². The van der Waals surface area contributed by atoms with Crippen molar-refractivity contribution < 1.29 is 36.1 Å². The number of aromatic hydroxyl groups is 1. The normalized spacial score (nSPS) is 16.1. The van der Waals surface area contributed by atoms with Gasteiger partial charge in [-0.25, -0.2) is 13.4 Å². The lowest BCUT2D eigenvalue weighted by Crippen LogP contribution is -2.39. The third-order valence-corrected chi connectivity index (χ3v) is 9.26. The summed E-state index contributed by atoms with van der Waals surface area (Å²) in [6, 6.07) is 5.64. The molecular weight excluding hydrogens is 532 g/mol. The predicted molar refractivity (Wildman–Crippen MR) is 133 cm³/mol. The summed E-state index contributed by atoms with van der Waals surface area (Å²) in [4.78, 5) is 21.4.